The van der Waals surface area contributed by atoms with Crippen LogP contribution in [-0.4, -0.2) is 43.2 Å². The summed E-state index contributed by atoms with van der Waals surface area (Å²) in [6.07, 6.45) is 1.06. The number of rotatable bonds is 8. The van der Waals surface area contributed by atoms with E-state index in [-0.39, 0.29) is 0 Å². The fourth-order valence-corrected chi connectivity index (χ4v) is 2.30. The highest BCUT2D eigenvalue weighted by atomic mass is 16.4. The van der Waals surface area contributed by atoms with Gasteiger partial charge < -0.3 is 15.3 Å². The monoisotopic (exact) mass is 278 g/mol. The van der Waals surface area contributed by atoms with Crippen LogP contribution < -0.4 is 5.32 Å². The lowest BCUT2D eigenvalue weighted by atomic mass is 9.89. The van der Waals surface area contributed by atoms with Gasteiger partial charge in [0.2, 0.25) is 0 Å². The van der Waals surface area contributed by atoms with Gasteiger partial charge in [0.1, 0.15) is 0 Å². The minimum absolute atomic E-state index is 0.440. The first kappa shape index (κ1) is 16.7. The summed E-state index contributed by atoms with van der Waals surface area (Å²) in [6.45, 7) is 5.68. The Balaban J connectivity index is 2.93. The highest BCUT2D eigenvalue weighted by Crippen LogP contribution is 2.22. The number of hydrogen-bond acceptors (Lipinski definition) is 3. The van der Waals surface area contributed by atoms with Gasteiger partial charge in [0.25, 0.3) is 0 Å². The van der Waals surface area contributed by atoms with Crippen molar-refractivity contribution in [1.82, 2.24) is 10.2 Å². The minimum atomic E-state index is -1.06. The molecule has 0 radical (unpaired) electrons. The lowest BCUT2D eigenvalue weighted by Gasteiger charge is -2.34. The molecule has 4 nitrogen and oxygen atoms in total. The van der Waals surface area contributed by atoms with Gasteiger partial charge in [-0.3, -0.25) is 0 Å². The molecule has 0 aromatic heterocycles. The second-order valence-electron chi connectivity index (χ2n) is 5.75. The van der Waals surface area contributed by atoms with Crippen LogP contribution in [0.4, 0.5) is 0 Å². The van der Waals surface area contributed by atoms with Gasteiger partial charge in [0.15, 0.2) is 5.54 Å². The van der Waals surface area contributed by atoms with E-state index in [4.69, 9.17) is 0 Å². The first-order valence-electron chi connectivity index (χ1n) is 7.08. The van der Waals surface area contributed by atoms with Gasteiger partial charge in [-0.15, -0.1) is 0 Å². The standard InChI is InChI=1S/C16H26N2O2/c1-13(2)10-11-18(4)12-16(17-3,15(19)20)14-8-6-5-7-9-14/h5-9,13,17H,10-12H2,1-4H3,(H,19,20). The van der Waals surface area contributed by atoms with Gasteiger partial charge in [0.05, 0.1) is 0 Å². The maximum atomic E-state index is 11.8. The summed E-state index contributed by atoms with van der Waals surface area (Å²) in [4.78, 5) is 13.9. The highest BCUT2D eigenvalue weighted by Gasteiger charge is 2.39. The molecule has 1 aromatic rings. The van der Waals surface area contributed by atoms with Crippen molar-refractivity contribution in [2.75, 3.05) is 27.2 Å². The quantitative estimate of drug-likeness (QED) is 0.765. The summed E-state index contributed by atoms with van der Waals surface area (Å²) >= 11 is 0. The Morgan fingerprint density at radius 1 is 1.35 bits per heavy atom. The van der Waals surface area contributed by atoms with Gasteiger partial charge in [0, 0.05) is 6.54 Å². The smallest absolute Gasteiger partial charge is 0.329 e. The molecule has 0 aliphatic carbocycles. The van der Waals surface area contributed by atoms with E-state index in [2.05, 4.69) is 24.1 Å². The second kappa shape index (κ2) is 7.41. The average Bonchev–Trinajstić information content (AvgIpc) is 2.43. The maximum absolute atomic E-state index is 11.8. The lowest BCUT2D eigenvalue weighted by molar-refractivity contribution is -0.146. The molecular formula is C16H26N2O2. The number of nitrogens with zero attached hydrogens (tertiary/aromatic N) is 1. The van der Waals surface area contributed by atoms with Crippen LogP contribution in [-0.2, 0) is 10.3 Å². The molecule has 0 bridgehead atoms. The first-order chi connectivity index (χ1) is 9.42. The van der Waals surface area contributed by atoms with E-state index in [9.17, 15) is 9.90 Å². The fraction of sp³-hybridized carbons (Fsp3) is 0.562. The molecule has 0 heterocycles. The van der Waals surface area contributed by atoms with Crippen molar-refractivity contribution < 1.29 is 9.90 Å². The van der Waals surface area contributed by atoms with Crippen LogP contribution >= 0.6 is 0 Å². The molecule has 1 rings (SSSR count). The van der Waals surface area contributed by atoms with E-state index in [0.717, 1.165) is 18.5 Å². The number of carboxylic acid groups (broad SMARTS) is 1. The van der Waals surface area contributed by atoms with Gasteiger partial charge in [-0.25, -0.2) is 4.79 Å². The van der Waals surface area contributed by atoms with Crippen molar-refractivity contribution in [1.29, 1.82) is 0 Å². The molecule has 1 unspecified atom stereocenters. The van der Waals surface area contributed by atoms with Gasteiger partial charge >= 0.3 is 5.97 Å². The summed E-state index contributed by atoms with van der Waals surface area (Å²) in [5, 5.41) is 12.7. The number of benzene rings is 1. The molecule has 112 valence electrons. The molecule has 0 aliphatic heterocycles. The first-order valence-corrected chi connectivity index (χ1v) is 7.08. The van der Waals surface area contributed by atoms with Crippen LogP contribution in [0, 0.1) is 5.92 Å². The summed E-state index contributed by atoms with van der Waals surface area (Å²) in [5.74, 6) is -0.231. The second-order valence-corrected chi connectivity index (χ2v) is 5.75. The zero-order valence-electron chi connectivity index (χ0n) is 12.9. The molecule has 1 aromatic carbocycles. The van der Waals surface area contributed by atoms with Crippen molar-refractivity contribution in [3.05, 3.63) is 35.9 Å². The number of likely N-dealkylation sites (N-methyl/N-ethyl adjacent to an activating group) is 2. The summed E-state index contributed by atoms with van der Waals surface area (Å²) in [7, 11) is 3.68. The largest absolute Gasteiger partial charge is 0.480 e. The fourth-order valence-electron chi connectivity index (χ4n) is 2.30. The Morgan fingerprint density at radius 2 is 1.95 bits per heavy atom. The maximum Gasteiger partial charge on any atom is 0.329 e. The van der Waals surface area contributed by atoms with Crippen LogP contribution in [0.15, 0.2) is 30.3 Å². The predicted octanol–water partition coefficient (Wildman–Crippen LogP) is 2.16. The van der Waals surface area contributed by atoms with Crippen LogP contribution in [0.1, 0.15) is 25.8 Å². The molecule has 0 fully saturated rings. The Morgan fingerprint density at radius 3 is 2.40 bits per heavy atom. The third-order valence-electron chi connectivity index (χ3n) is 3.65. The van der Waals surface area contributed by atoms with Crippen molar-refractivity contribution in [2.24, 2.45) is 5.92 Å². The normalized spacial score (nSPS) is 14.5. The SMILES string of the molecule is CNC(CN(C)CCC(C)C)(C(=O)O)c1ccccc1. The average molecular weight is 278 g/mol. The van der Waals surface area contributed by atoms with Crippen LogP contribution in [0.25, 0.3) is 0 Å². The third-order valence-corrected chi connectivity index (χ3v) is 3.65. The summed E-state index contributed by atoms with van der Waals surface area (Å²) < 4.78 is 0. The van der Waals surface area contributed by atoms with Gasteiger partial charge in [-0.1, -0.05) is 44.2 Å². The molecule has 0 saturated carbocycles. The van der Waals surface area contributed by atoms with E-state index in [1.807, 2.05) is 37.4 Å². The van der Waals surface area contributed by atoms with E-state index in [1.165, 1.54) is 0 Å². The molecule has 1 atom stereocenters. The van der Waals surface area contributed by atoms with E-state index in [1.54, 1.807) is 7.05 Å². The topological polar surface area (TPSA) is 52.6 Å². The van der Waals surface area contributed by atoms with E-state index >= 15 is 0 Å². The zero-order chi connectivity index (χ0) is 15.2. The molecular weight excluding hydrogens is 252 g/mol. The summed E-state index contributed by atoms with van der Waals surface area (Å²) in [6, 6.07) is 9.37. The van der Waals surface area contributed by atoms with Crippen LogP contribution in [0.5, 0.6) is 0 Å². The molecule has 20 heavy (non-hydrogen) atoms. The van der Waals surface area contributed by atoms with Crippen LogP contribution in [0.2, 0.25) is 0 Å². The lowest BCUT2D eigenvalue weighted by Crippen LogP contribution is -2.54. The number of aliphatic carboxylic acids is 1. The third kappa shape index (κ3) is 4.05. The minimum Gasteiger partial charge on any atom is -0.480 e. The van der Waals surface area contributed by atoms with Crippen molar-refractivity contribution in [3.63, 3.8) is 0 Å². The molecule has 0 amide bonds. The van der Waals surface area contributed by atoms with Gasteiger partial charge in [-0.05, 0) is 38.5 Å². The van der Waals surface area contributed by atoms with Crippen molar-refractivity contribution in [2.45, 2.75) is 25.8 Å². The van der Waals surface area contributed by atoms with E-state index in [0.29, 0.717) is 12.5 Å². The zero-order valence-corrected chi connectivity index (χ0v) is 12.9. The highest BCUT2D eigenvalue weighted by molar-refractivity contribution is 5.81. The molecule has 4 heteroatoms. The molecule has 0 aliphatic rings. The predicted molar refractivity (Wildman–Crippen MR) is 81.8 cm³/mol. The number of nitrogens with one attached hydrogen (secondary N) is 1. The number of carboxylic acids is 1. The Bertz CT molecular complexity index is 420. The number of hydrogen-bond donors (Lipinski definition) is 2. The van der Waals surface area contributed by atoms with Crippen molar-refractivity contribution in [3.8, 4) is 0 Å². The summed E-state index contributed by atoms with van der Waals surface area (Å²) in [5.41, 5.74) is -0.279. The van der Waals surface area contributed by atoms with Crippen LogP contribution in [0.3, 0.4) is 0 Å². The van der Waals surface area contributed by atoms with Gasteiger partial charge in [-0.2, -0.15) is 0 Å². The molecule has 2 N–H and O–H groups in total. The Kier molecular flexibility index (Phi) is 6.17. The molecule has 0 spiro atoms. The van der Waals surface area contributed by atoms with E-state index < -0.39 is 11.5 Å². The van der Waals surface area contributed by atoms with Crippen molar-refractivity contribution >= 4 is 5.97 Å². The Hall–Kier alpha value is -1.39. The number of carbonyl (C=O) groups is 1. The molecule has 0 saturated heterocycles. The Labute approximate surface area is 121 Å².